The highest BCUT2D eigenvalue weighted by atomic mass is 16.1. The Morgan fingerprint density at radius 3 is 2.81 bits per heavy atom. The van der Waals surface area contributed by atoms with Crippen molar-refractivity contribution >= 4 is 5.78 Å². The van der Waals surface area contributed by atoms with Gasteiger partial charge >= 0.3 is 0 Å². The Balaban J connectivity index is 2.05. The number of ketones is 1. The molecule has 0 radical (unpaired) electrons. The summed E-state index contributed by atoms with van der Waals surface area (Å²) in [6, 6.07) is 13.3. The number of aromatic nitrogens is 1. The minimum atomic E-state index is -0.295. The summed E-state index contributed by atoms with van der Waals surface area (Å²) in [6.07, 6.45) is 1.65. The molecule has 104 valence electrons. The molecule has 2 aromatic rings. The standard InChI is InChI=1S/C18H16N2O/c1-18(2)9-8-16-14(17(18)21)6-7-15(20-16)13-5-3-4-12(10-13)11-19/h3-7,10H,8-9H2,1-2H3. The van der Waals surface area contributed by atoms with Gasteiger partial charge < -0.3 is 0 Å². The second-order valence-electron chi connectivity index (χ2n) is 6.10. The molecule has 0 saturated heterocycles. The molecule has 3 rings (SSSR count). The number of Topliss-reactive ketones (excluding diaryl/α,β-unsaturated/α-hetero) is 1. The smallest absolute Gasteiger partial charge is 0.170 e. The Hall–Kier alpha value is -2.47. The molecular formula is C18H16N2O. The summed E-state index contributed by atoms with van der Waals surface area (Å²) in [5.41, 5.74) is 3.67. The first-order chi connectivity index (χ1) is 10.0. The quantitative estimate of drug-likeness (QED) is 0.796. The zero-order chi connectivity index (χ0) is 15.0. The van der Waals surface area contributed by atoms with Crippen LogP contribution in [-0.2, 0) is 6.42 Å². The molecule has 0 fully saturated rings. The van der Waals surface area contributed by atoms with Crippen molar-refractivity contribution in [1.29, 1.82) is 5.26 Å². The van der Waals surface area contributed by atoms with Gasteiger partial charge in [0.25, 0.3) is 0 Å². The van der Waals surface area contributed by atoms with Crippen LogP contribution < -0.4 is 0 Å². The van der Waals surface area contributed by atoms with Crippen molar-refractivity contribution in [3.63, 3.8) is 0 Å². The Morgan fingerprint density at radius 2 is 2.05 bits per heavy atom. The molecule has 0 bridgehead atoms. The van der Waals surface area contributed by atoms with Gasteiger partial charge in [0.05, 0.1) is 23.0 Å². The largest absolute Gasteiger partial charge is 0.294 e. The molecule has 0 unspecified atom stereocenters. The first kappa shape index (κ1) is 13.5. The lowest BCUT2D eigenvalue weighted by atomic mass is 9.75. The van der Waals surface area contributed by atoms with Crippen molar-refractivity contribution in [2.75, 3.05) is 0 Å². The van der Waals surface area contributed by atoms with Crippen molar-refractivity contribution in [2.45, 2.75) is 26.7 Å². The molecule has 0 atom stereocenters. The maximum Gasteiger partial charge on any atom is 0.170 e. The normalized spacial score (nSPS) is 16.1. The molecule has 0 spiro atoms. The molecule has 1 aromatic heterocycles. The van der Waals surface area contributed by atoms with Crippen molar-refractivity contribution in [3.8, 4) is 17.3 Å². The molecule has 1 heterocycles. The number of hydrogen-bond acceptors (Lipinski definition) is 3. The number of benzene rings is 1. The van der Waals surface area contributed by atoms with Crippen LogP contribution in [0.1, 0.15) is 41.9 Å². The predicted molar refractivity (Wildman–Crippen MR) is 80.8 cm³/mol. The summed E-state index contributed by atoms with van der Waals surface area (Å²) < 4.78 is 0. The van der Waals surface area contributed by atoms with E-state index >= 15 is 0 Å². The summed E-state index contributed by atoms with van der Waals surface area (Å²) >= 11 is 0. The molecule has 0 amide bonds. The highest BCUT2D eigenvalue weighted by Crippen LogP contribution is 2.34. The molecule has 1 aliphatic rings. The van der Waals surface area contributed by atoms with Crippen molar-refractivity contribution < 1.29 is 4.79 Å². The van der Waals surface area contributed by atoms with Crippen LogP contribution in [0.5, 0.6) is 0 Å². The van der Waals surface area contributed by atoms with Crippen LogP contribution in [0.4, 0.5) is 0 Å². The first-order valence-electron chi connectivity index (χ1n) is 7.06. The predicted octanol–water partition coefficient (Wildman–Crippen LogP) is 3.78. The van der Waals surface area contributed by atoms with Crippen molar-refractivity contribution in [3.05, 3.63) is 53.2 Å². The highest BCUT2D eigenvalue weighted by Gasteiger charge is 2.34. The fourth-order valence-electron chi connectivity index (χ4n) is 2.72. The Kier molecular flexibility index (Phi) is 3.10. The monoisotopic (exact) mass is 276 g/mol. The fraction of sp³-hybridized carbons (Fsp3) is 0.278. The van der Waals surface area contributed by atoms with Crippen molar-refractivity contribution in [1.82, 2.24) is 4.98 Å². The van der Waals surface area contributed by atoms with Gasteiger partial charge in [-0.1, -0.05) is 26.0 Å². The number of nitriles is 1. The van der Waals surface area contributed by atoms with Gasteiger partial charge in [-0.25, -0.2) is 0 Å². The van der Waals surface area contributed by atoms with E-state index in [-0.39, 0.29) is 11.2 Å². The Bertz CT molecular complexity index is 769. The molecular weight excluding hydrogens is 260 g/mol. The van der Waals surface area contributed by atoms with Gasteiger partial charge in [-0.15, -0.1) is 0 Å². The first-order valence-corrected chi connectivity index (χ1v) is 7.06. The Labute approximate surface area is 124 Å². The summed E-state index contributed by atoms with van der Waals surface area (Å²) in [4.78, 5) is 17.0. The summed E-state index contributed by atoms with van der Waals surface area (Å²) in [5.74, 6) is 0.175. The van der Waals surface area contributed by atoms with Crippen LogP contribution in [0.3, 0.4) is 0 Å². The SMILES string of the molecule is CC1(C)CCc2nc(-c3cccc(C#N)c3)ccc2C1=O. The number of rotatable bonds is 1. The lowest BCUT2D eigenvalue weighted by Crippen LogP contribution is -2.31. The molecule has 3 heteroatoms. The topological polar surface area (TPSA) is 53.8 Å². The third kappa shape index (κ3) is 2.34. The number of carbonyl (C=O) groups excluding carboxylic acids is 1. The van der Waals surface area contributed by atoms with E-state index in [1.807, 2.05) is 44.2 Å². The lowest BCUT2D eigenvalue weighted by molar-refractivity contribution is 0.0809. The third-order valence-electron chi connectivity index (χ3n) is 4.11. The van der Waals surface area contributed by atoms with E-state index in [0.717, 1.165) is 35.4 Å². The van der Waals surface area contributed by atoms with E-state index in [4.69, 9.17) is 5.26 Å². The van der Waals surface area contributed by atoms with Gasteiger partial charge in [-0.05, 0) is 37.1 Å². The molecule has 1 aromatic carbocycles. The maximum absolute atomic E-state index is 12.4. The number of pyridine rings is 1. The maximum atomic E-state index is 12.4. The zero-order valence-electron chi connectivity index (χ0n) is 12.2. The van der Waals surface area contributed by atoms with Crippen LogP contribution in [0.15, 0.2) is 36.4 Å². The number of aryl methyl sites for hydroxylation is 1. The second kappa shape index (κ2) is 4.82. The van der Waals surface area contributed by atoms with Gasteiger partial charge in [0.2, 0.25) is 0 Å². The minimum Gasteiger partial charge on any atom is -0.294 e. The number of nitrogens with zero attached hydrogens (tertiary/aromatic N) is 2. The third-order valence-corrected chi connectivity index (χ3v) is 4.11. The van der Waals surface area contributed by atoms with Gasteiger partial charge in [0.15, 0.2) is 5.78 Å². The summed E-state index contributed by atoms with van der Waals surface area (Å²) in [5, 5.41) is 8.98. The van der Waals surface area contributed by atoms with E-state index in [2.05, 4.69) is 11.1 Å². The zero-order valence-corrected chi connectivity index (χ0v) is 12.2. The molecule has 0 N–H and O–H groups in total. The van der Waals surface area contributed by atoms with E-state index in [0.29, 0.717) is 5.56 Å². The van der Waals surface area contributed by atoms with E-state index in [1.54, 1.807) is 6.07 Å². The Morgan fingerprint density at radius 1 is 1.24 bits per heavy atom. The lowest BCUT2D eigenvalue weighted by Gasteiger charge is -2.29. The van der Waals surface area contributed by atoms with Crippen LogP contribution >= 0.6 is 0 Å². The van der Waals surface area contributed by atoms with Crippen LogP contribution in [0.2, 0.25) is 0 Å². The van der Waals surface area contributed by atoms with Crippen LogP contribution in [0, 0.1) is 16.7 Å². The highest BCUT2D eigenvalue weighted by molar-refractivity contribution is 6.02. The van der Waals surface area contributed by atoms with Crippen molar-refractivity contribution in [2.24, 2.45) is 5.41 Å². The number of carbonyl (C=O) groups is 1. The summed E-state index contributed by atoms with van der Waals surface area (Å²) in [6.45, 7) is 3.98. The van der Waals surface area contributed by atoms with Gasteiger partial charge in [0.1, 0.15) is 0 Å². The summed E-state index contributed by atoms with van der Waals surface area (Å²) in [7, 11) is 0. The van der Waals surface area contributed by atoms with Gasteiger partial charge in [-0.3, -0.25) is 9.78 Å². The number of hydrogen-bond donors (Lipinski definition) is 0. The van der Waals surface area contributed by atoms with Gasteiger partial charge in [0, 0.05) is 16.5 Å². The van der Waals surface area contributed by atoms with E-state index < -0.39 is 0 Å². The van der Waals surface area contributed by atoms with Crippen LogP contribution in [-0.4, -0.2) is 10.8 Å². The fourth-order valence-corrected chi connectivity index (χ4v) is 2.72. The second-order valence-corrected chi connectivity index (χ2v) is 6.10. The average molecular weight is 276 g/mol. The average Bonchev–Trinajstić information content (AvgIpc) is 2.51. The minimum absolute atomic E-state index is 0.175. The van der Waals surface area contributed by atoms with Gasteiger partial charge in [-0.2, -0.15) is 5.26 Å². The van der Waals surface area contributed by atoms with Crippen LogP contribution in [0.25, 0.3) is 11.3 Å². The molecule has 1 aliphatic carbocycles. The van der Waals surface area contributed by atoms with E-state index in [9.17, 15) is 4.79 Å². The molecule has 3 nitrogen and oxygen atoms in total. The molecule has 0 saturated carbocycles. The number of fused-ring (bicyclic) bond motifs is 1. The van der Waals surface area contributed by atoms with E-state index in [1.165, 1.54) is 0 Å². The molecule has 0 aliphatic heterocycles. The molecule has 21 heavy (non-hydrogen) atoms.